The summed E-state index contributed by atoms with van der Waals surface area (Å²) in [5.41, 5.74) is 6.80. The molecule has 0 aliphatic carbocycles. The van der Waals surface area contributed by atoms with Gasteiger partial charge in [0.2, 0.25) is 10.0 Å². The van der Waals surface area contributed by atoms with Gasteiger partial charge in [-0.3, -0.25) is 4.98 Å². The lowest BCUT2D eigenvalue weighted by Crippen LogP contribution is -2.25. The number of unbranched alkanes of at least 4 members (excludes halogenated alkanes) is 1. The lowest BCUT2D eigenvalue weighted by Gasteiger charge is -2.10. The maximum Gasteiger partial charge on any atom is 0.242 e. The third kappa shape index (κ3) is 3.87. The zero-order valence-electron chi connectivity index (χ0n) is 11.9. The molecule has 0 aliphatic rings. The van der Waals surface area contributed by atoms with Gasteiger partial charge in [-0.15, -0.1) is 0 Å². The number of hydrogen-bond donors (Lipinski definition) is 2. The van der Waals surface area contributed by atoms with Crippen LogP contribution in [0.1, 0.15) is 12.8 Å². The fourth-order valence-corrected chi connectivity index (χ4v) is 3.77. The maximum absolute atomic E-state index is 12.4. The van der Waals surface area contributed by atoms with Crippen LogP contribution < -0.4 is 10.5 Å². The van der Waals surface area contributed by atoms with Gasteiger partial charge in [0.25, 0.3) is 0 Å². The first-order chi connectivity index (χ1) is 10.1. The highest BCUT2D eigenvalue weighted by Gasteiger charge is 2.18. The Kier molecular flexibility index (Phi) is 5.44. The molecule has 2 rings (SSSR count). The molecule has 114 valence electrons. The zero-order valence-corrected chi connectivity index (χ0v) is 13.5. The molecule has 0 aliphatic heterocycles. The van der Waals surface area contributed by atoms with Crippen molar-refractivity contribution in [3.05, 3.63) is 30.5 Å². The second-order valence-corrected chi connectivity index (χ2v) is 7.37. The van der Waals surface area contributed by atoms with Crippen LogP contribution in [0.4, 0.5) is 5.69 Å². The van der Waals surface area contributed by atoms with Gasteiger partial charge in [-0.1, -0.05) is 0 Å². The van der Waals surface area contributed by atoms with Gasteiger partial charge < -0.3 is 5.73 Å². The van der Waals surface area contributed by atoms with Crippen LogP contribution in [0.15, 0.2) is 35.4 Å². The number of nitrogens with zero attached hydrogens (tertiary/aromatic N) is 1. The Balaban J connectivity index is 2.23. The second kappa shape index (κ2) is 7.11. The molecule has 0 saturated heterocycles. The number of sulfonamides is 1. The van der Waals surface area contributed by atoms with E-state index in [2.05, 4.69) is 9.71 Å². The summed E-state index contributed by atoms with van der Waals surface area (Å²) >= 11 is 1.76. The predicted octanol–water partition coefficient (Wildman–Crippen LogP) is 2.24. The number of nitrogens with one attached hydrogen (secondary N) is 1. The van der Waals surface area contributed by atoms with E-state index in [9.17, 15) is 8.42 Å². The minimum Gasteiger partial charge on any atom is -0.398 e. The number of nitrogen functional groups attached to an aromatic ring is 1. The third-order valence-corrected chi connectivity index (χ3v) is 5.31. The van der Waals surface area contributed by atoms with E-state index in [1.165, 1.54) is 6.07 Å². The first-order valence-corrected chi connectivity index (χ1v) is 9.56. The van der Waals surface area contributed by atoms with Crippen molar-refractivity contribution >= 4 is 38.4 Å². The number of benzene rings is 1. The van der Waals surface area contributed by atoms with Crippen LogP contribution in [-0.2, 0) is 10.0 Å². The van der Waals surface area contributed by atoms with Crippen molar-refractivity contribution in [2.24, 2.45) is 0 Å². The fourth-order valence-electron chi connectivity index (χ4n) is 2.04. The Morgan fingerprint density at radius 3 is 2.86 bits per heavy atom. The fraction of sp³-hybridized carbons (Fsp3) is 0.357. The summed E-state index contributed by atoms with van der Waals surface area (Å²) in [4.78, 5) is 4.34. The summed E-state index contributed by atoms with van der Waals surface area (Å²) < 4.78 is 27.4. The van der Waals surface area contributed by atoms with Crippen LogP contribution in [0.5, 0.6) is 0 Å². The standard InChI is InChI=1S/C14H19N3O2S2/c1-20-10-3-2-9-17-21(18,19)13-7-6-12(15)11-5-4-8-16-14(11)13/h4-8,17H,2-3,9-10,15H2,1H3. The van der Waals surface area contributed by atoms with Gasteiger partial charge >= 0.3 is 0 Å². The molecular formula is C14H19N3O2S2. The average Bonchev–Trinajstić information content (AvgIpc) is 2.47. The molecule has 3 N–H and O–H groups in total. The van der Waals surface area contributed by atoms with Crippen LogP contribution in [0, 0.1) is 0 Å². The highest BCUT2D eigenvalue weighted by Crippen LogP contribution is 2.25. The lowest BCUT2D eigenvalue weighted by molar-refractivity contribution is 0.579. The van der Waals surface area contributed by atoms with Gasteiger partial charge in [0.15, 0.2) is 0 Å². The number of anilines is 1. The number of rotatable bonds is 7. The SMILES string of the molecule is CSCCCCNS(=O)(=O)c1ccc(N)c2cccnc12. The van der Waals surface area contributed by atoms with Crippen LogP contribution in [0.2, 0.25) is 0 Å². The quantitative estimate of drug-likeness (QED) is 0.602. The van der Waals surface area contributed by atoms with E-state index < -0.39 is 10.0 Å². The van der Waals surface area contributed by atoms with Crippen molar-refractivity contribution in [3.63, 3.8) is 0 Å². The molecular weight excluding hydrogens is 306 g/mol. The molecule has 0 spiro atoms. The molecule has 0 bridgehead atoms. The van der Waals surface area contributed by atoms with E-state index in [0.717, 1.165) is 18.6 Å². The molecule has 0 amide bonds. The van der Waals surface area contributed by atoms with E-state index in [-0.39, 0.29) is 4.90 Å². The summed E-state index contributed by atoms with van der Waals surface area (Å²) in [6.45, 7) is 0.432. The minimum absolute atomic E-state index is 0.178. The van der Waals surface area contributed by atoms with Crippen molar-refractivity contribution in [1.82, 2.24) is 9.71 Å². The number of nitrogens with two attached hydrogens (primary N) is 1. The Hall–Kier alpha value is -1.31. The summed E-state index contributed by atoms with van der Waals surface area (Å²) in [6, 6.07) is 6.63. The molecule has 0 radical (unpaired) electrons. The normalized spacial score (nSPS) is 11.9. The summed E-state index contributed by atoms with van der Waals surface area (Å²) in [6.07, 6.45) is 5.42. The zero-order chi connectivity index (χ0) is 15.3. The predicted molar refractivity (Wildman–Crippen MR) is 89.0 cm³/mol. The monoisotopic (exact) mass is 325 g/mol. The molecule has 0 atom stereocenters. The van der Waals surface area contributed by atoms with E-state index in [0.29, 0.717) is 23.1 Å². The Bertz CT molecular complexity index is 717. The summed E-state index contributed by atoms with van der Waals surface area (Å²) in [7, 11) is -3.57. The molecule has 1 heterocycles. The highest BCUT2D eigenvalue weighted by atomic mass is 32.2. The average molecular weight is 325 g/mol. The highest BCUT2D eigenvalue weighted by molar-refractivity contribution is 7.98. The van der Waals surface area contributed by atoms with Gasteiger partial charge in [-0.25, -0.2) is 13.1 Å². The van der Waals surface area contributed by atoms with Gasteiger partial charge in [0.05, 0.1) is 5.52 Å². The minimum atomic E-state index is -3.57. The van der Waals surface area contributed by atoms with Gasteiger partial charge in [-0.05, 0) is 49.1 Å². The van der Waals surface area contributed by atoms with E-state index in [1.54, 1.807) is 36.2 Å². The maximum atomic E-state index is 12.4. The second-order valence-electron chi connectivity index (χ2n) is 4.65. The molecule has 0 fully saturated rings. The first-order valence-electron chi connectivity index (χ1n) is 6.68. The largest absolute Gasteiger partial charge is 0.398 e. The van der Waals surface area contributed by atoms with E-state index in [4.69, 9.17) is 5.73 Å². The Morgan fingerprint density at radius 2 is 2.10 bits per heavy atom. The Morgan fingerprint density at radius 1 is 1.29 bits per heavy atom. The van der Waals surface area contributed by atoms with Crippen LogP contribution in [-0.4, -0.2) is 32.0 Å². The van der Waals surface area contributed by atoms with Crippen molar-refractivity contribution in [1.29, 1.82) is 0 Å². The number of pyridine rings is 1. The van der Waals surface area contributed by atoms with Crippen molar-refractivity contribution in [2.75, 3.05) is 24.3 Å². The van der Waals surface area contributed by atoms with Gasteiger partial charge in [0, 0.05) is 23.8 Å². The van der Waals surface area contributed by atoms with E-state index in [1.807, 2.05) is 6.26 Å². The van der Waals surface area contributed by atoms with Crippen LogP contribution in [0.3, 0.4) is 0 Å². The van der Waals surface area contributed by atoms with Crippen LogP contribution >= 0.6 is 11.8 Å². The lowest BCUT2D eigenvalue weighted by atomic mass is 10.2. The number of hydrogen-bond acceptors (Lipinski definition) is 5. The Labute approximate surface area is 129 Å². The molecule has 0 unspecified atom stereocenters. The van der Waals surface area contributed by atoms with Crippen molar-refractivity contribution < 1.29 is 8.42 Å². The smallest absolute Gasteiger partial charge is 0.242 e. The molecule has 0 saturated carbocycles. The summed E-state index contributed by atoms with van der Waals surface area (Å²) in [5, 5.41) is 0.655. The molecule has 1 aromatic heterocycles. The van der Waals surface area contributed by atoms with Gasteiger partial charge in [0.1, 0.15) is 4.90 Å². The van der Waals surface area contributed by atoms with Crippen LogP contribution in [0.25, 0.3) is 10.9 Å². The molecule has 5 nitrogen and oxygen atoms in total. The molecule has 21 heavy (non-hydrogen) atoms. The molecule has 7 heteroatoms. The van der Waals surface area contributed by atoms with Crippen molar-refractivity contribution in [2.45, 2.75) is 17.7 Å². The molecule has 2 aromatic rings. The van der Waals surface area contributed by atoms with Crippen molar-refractivity contribution in [3.8, 4) is 0 Å². The molecule has 1 aromatic carbocycles. The summed E-state index contributed by atoms with van der Waals surface area (Å²) in [5.74, 6) is 1.04. The number of thioether (sulfide) groups is 1. The third-order valence-electron chi connectivity index (χ3n) is 3.12. The number of fused-ring (bicyclic) bond motifs is 1. The topological polar surface area (TPSA) is 85.1 Å². The van der Waals surface area contributed by atoms with E-state index >= 15 is 0 Å². The van der Waals surface area contributed by atoms with Gasteiger partial charge in [-0.2, -0.15) is 11.8 Å². The number of aromatic nitrogens is 1. The first kappa shape index (κ1) is 16.1.